The molecular formula is C18H24N2O. The Morgan fingerprint density at radius 3 is 2.76 bits per heavy atom. The summed E-state index contributed by atoms with van der Waals surface area (Å²) in [5.41, 5.74) is 2.39. The van der Waals surface area contributed by atoms with E-state index in [4.69, 9.17) is 4.42 Å². The molecule has 3 fully saturated rings. The van der Waals surface area contributed by atoms with Gasteiger partial charge < -0.3 is 14.6 Å². The Labute approximate surface area is 126 Å². The van der Waals surface area contributed by atoms with Crippen LogP contribution in [0.3, 0.4) is 0 Å². The zero-order valence-corrected chi connectivity index (χ0v) is 12.8. The van der Waals surface area contributed by atoms with Crippen molar-refractivity contribution >= 4 is 11.0 Å². The Balaban J connectivity index is 1.54. The van der Waals surface area contributed by atoms with Crippen LogP contribution in [-0.4, -0.2) is 30.6 Å². The van der Waals surface area contributed by atoms with Gasteiger partial charge in [0.25, 0.3) is 0 Å². The summed E-state index contributed by atoms with van der Waals surface area (Å²) in [6.45, 7) is 6.95. The van der Waals surface area contributed by atoms with Crippen molar-refractivity contribution in [1.82, 2.24) is 10.2 Å². The molecule has 0 aliphatic carbocycles. The van der Waals surface area contributed by atoms with E-state index in [1.165, 1.54) is 43.4 Å². The molecule has 5 rings (SSSR count). The number of para-hydroxylation sites is 1. The zero-order chi connectivity index (χ0) is 14.2. The van der Waals surface area contributed by atoms with Gasteiger partial charge in [-0.25, -0.2) is 0 Å². The molecule has 2 bridgehead atoms. The van der Waals surface area contributed by atoms with Crippen molar-refractivity contribution in [1.29, 1.82) is 0 Å². The summed E-state index contributed by atoms with van der Waals surface area (Å²) in [7, 11) is 0. The van der Waals surface area contributed by atoms with Gasteiger partial charge in [0, 0.05) is 36.5 Å². The standard InChI is InChI=1S/C18H24N2O/c1-2-17-15(14-5-3-4-6-18(14)21-17)11-19-16-12-20-9-7-13(16)8-10-20/h3-6,13,16,19H,2,7-12H2,1H3. The molecule has 0 amide bonds. The van der Waals surface area contributed by atoms with E-state index in [9.17, 15) is 0 Å². The molecule has 1 atom stereocenters. The maximum atomic E-state index is 6.00. The van der Waals surface area contributed by atoms with E-state index < -0.39 is 0 Å². The third-order valence-corrected chi connectivity index (χ3v) is 5.30. The second kappa shape index (κ2) is 5.47. The number of nitrogens with zero attached hydrogens (tertiary/aromatic N) is 1. The van der Waals surface area contributed by atoms with Crippen molar-refractivity contribution < 1.29 is 4.42 Å². The van der Waals surface area contributed by atoms with Crippen LogP contribution >= 0.6 is 0 Å². The van der Waals surface area contributed by atoms with Crippen molar-refractivity contribution in [3.63, 3.8) is 0 Å². The quantitative estimate of drug-likeness (QED) is 0.934. The lowest BCUT2D eigenvalue weighted by atomic mass is 9.84. The van der Waals surface area contributed by atoms with E-state index in [1.54, 1.807) is 0 Å². The molecule has 1 aromatic carbocycles. The summed E-state index contributed by atoms with van der Waals surface area (Å²) in [6.07, 6.45) is 3.70. The fourth-order valence-corrected chi connectivity index (χ4v) is 4.06. The fourth-order valence-electron chi connectivity index (χ4n) is 4.06. The fraction of sp³-hybridized carbons (Fsp3) is 0.556. The molecule has 2 aromatic rings. The summed E-state index contributed by atoms with van der Waals surface area (Å²) < 4.78 is 6.00. The van der Waals surface area contributed by atoms with Crippen molar-refractivity contribution in [3.05, 3.63) is 35.6 Å². The first-order chi connectivity index (χ1) is 10.3. The molecule has 3 saturated heterocycles. The summed E-state index contributed by atoms with van der Waals surface area (Å²) in [4.78, 5) is 2.60. The Bertz CT molecular complexity index is 625. The van der Waals surface area contributed by atoms with Crippen LogP contribution in [-0.2, 0) is 13.0 Å². The van der Waals surface area contributed by atoms with Crippen LogP contribution in [0.4, 0.5) is 0 Å². The maximum absolute atomic E-state index is 6.00. The monoisotopic (exact) mass is 284 g/mol. The van der Waals surface area contributed by atoms with Gasteiger partial charge in [0.1, 0.15) is 11.3 Å². The minimum absolute atomic E-state index is 0.658. The normalized spacial score (nSPS) is 28.3. The molecule has 4 heterocycles. The maximum Gasteiger partial charge on any atom is 0.134 e. The number of hydrogen-bond acceptors (Lipinski definition) is 3. The molecule has 112 valence electrons. The van der Waals surface area contributed by atoms with E-state index >= 15 is 0 Å². The minimum atomic E-state index is 0.658. The summed E-state index contributed by atoms with van der Waals surface area (Å²) in [5.74, 6) is 2.02. The summed E-state index contributed by atoms with van der Waals surface area (Å²) >= 11 is 0. The van der Waals surface area contributed by atoms with E-state index in [2.05, 4.69) is 41.4 Å². The Morgan fingerprint density at radius 2 is 2.05 bits per heavy atom. The third kappa shape index (κ3) is 2.39. The molecule has 0 spiro atoms. The molecule has 3 nitrogen and oxygen atoms in total. The van der Waals surface area contributed by atoms with Gasteiger partial charge in [-0.15, -0.1) is 0 Å². The minimum Gasteiger partial charge on any atom is -0.461 e. The third-order valence-electron chi connectivity index (χ3n) is 5.30. The molecule has 1 aromatic heterocycles. The van der Waals surface area contributed by atoms with Crippen LogP contribution in [0.5, 0.6) is 0 Å². The van der Waals surface area contributed by atoms with Gasteiger partial charge >= 0.3 is 0 Å². The van der Waals surface area contributed by atoms with Gasteiger partial charge in [0.05, 0.1) is 0 Å². The van der Waals surface area contributed by atoms with E-state index in [0.717, 1.165) is 30.2 Å². The molecular weight excluding hydrogens is 260 g/mol. The molecule has 1 unspecified atom stereocenters. The van der Waals surface area contributed by atoms with E-state index in [1.807, 2.05) is 0 Å². The average molecular weight is 284 g/mol. The van der Waals surface area contributed by atoms with E-state index in [-0.39, 0.29) is 0 Å². The number of hydrogen-bond donors (Lipinski definition) is 1. The largest absolute Gasteiger partial charge is 0.461 e. The van der Waals surface area contributed by atoms with Crippen LogP contribution in [0.2, 0.25) is 0 Å². The van der Waals surface area contributed by atoms with Gasteiger partial charge in [-0.1, -0.05) is 25.1 Å². The lowest BCUT2D eigenvalue weighted by Crippen LogP contribution is -2.55. The predicted molar refractivity (Wildman–Crippen MR) is 85.4 cm³/mol. The zero-order valence-electron chi connectivity index (χ0n) is 12.8. The number of fused-ring (bicyclic) bond motifs is 4. The van der Waals surface area contributed by atoms with E-state index in [0.29, 0.717) is 6.04 Å². The first kappa shape index (κ1) is 13.4. The van der Waals surface area contributed by atoms with Crippen molar-refractivity contribution in [2.75, 3.05) is 19.6 Å². The molecule has 21 heavy (non-hydrogen) atoms. The van der Waals surface area contributed by atoms with Crippen LogP contribution in [0.1, 0.15) is 31.1 Å². The van der Waals surface area contributed by atoms with Crippen molar-refractivity contribution in [3.8, 4) is 0 Å². The SMILES string of the molecule is CCc1oc2ccccc2c1CNC1CN2CCC1CC2. The number of piperidine rings is 3. The van der Waals surface area contributed by atoms with Gasteiger partial charge in [0.2, 0.25) is 0 Å². The smallest absolute Gasteiger partial charge is 0.134 e. The molecule has 0 radical (unpaired) electrons. The highest BCUT2D eigenvalue weighted by Crippen LogP contribution is 2.29. The highest BCUT2D eigenvalue weighted by molar-refractivity contribution is 5.82. The van der Waals surface area contributed by atoms with Crippen LogP contribution in [0.15, 0.2) is 28.7 Å². The van der Waals surface area contributed by atoms with Crippen molar-refractivity contribution in [2.45, 2.75) is 38.8 Å². The number of benzene rings is 1. The van der Waals surface area contributed by atoms with Crippen LogP contribution in [0.25, 0.3) is 11.0 Å². The van der Waals surface area contributed by atoms with Gasteiger partial charge in [-0.2, -0.15) is 0 Å². The lowest BCUT2D eigenvalue weighted by molar-refractivity contribution is 0.0720. The Kier molecular flexibility index (Phi) is 3.48. The summed E-state index contributed by atoms with van der Waals surface area (Å²) in [6, 6.07) is 9.08. The average Bonchev–Trinajstić information content (AvgIpc) is 2.92. The molecule has 1 N–H and O–H groups in total. The first-order valence-corrected chi connectivity index (χ1v) is 8.30. The van der Waals surface area contributed by atoms with Gasteiger partial charge in [-0.05, 0) is 37.9 Å². The number of furan rings is 1. The number of nitrogens with one attached hydrogen (secondary N) is 1. The van der Waals surface area contributed by atoms with Crippen LogP contribution in [0, 0.1) is 5.92 Å². The Morgan fingerprint density at radius 1 is 1.24 bits per heavy atom. The number of aryl methyl sites for hydroxylation is 1. The highest BCUT2D eigenvalue weighted by Gasteiger charge is 2.33. The second-order valence-corrected chi connectivity index (χ2v) is 6.48. The van der Waals surface area contributed by atoms with Gasteiger partial charge in [0.15, 0.2) is 0 Å². The summed E-state index contributed by atoms with van der Waals surface area (Å²) in [5, 5.41) is 5.10. The lowest BCUT2D eigenvalue weighted by Gasteiger charge is -2.45. The van der Waals surface area contributed by atoms with Crippen molar-refractivity contribution in [2.24, 2.45) is 5.92 Å². The predicted octanol–water partition coefficient (Wildman–Crippen LogP) is 3.18. The molecule has 3 heteroatoms. The van der Waals surface area contributed by atoms with Gasteiger partial charge in [-0.3, -0.25) is 0 Å². The molecule has 0 saturated carbocycles. The highest BCUT2D eigenvalue weighted by atomic mass is 16.3. The second-order valence-electron chi connectivity index (χ2n) is 6.48. The number of rotatable bonds is 4. The van der Waals surface area contributed by atoms with Crippen LogP contribution < -0.4 is 5.32 Å². The first-order valence-electron chi connectivity index (χ1n) is 8.30. The molecule has 3 aliphatic rings. The topological polar surface area (TPSA) is 28.4 Å². The Hall–Kier alpha value is -1.32. The molecule has 3 aliphatic heterocycles.